The summed E-state index contributed by atoms with van der Waals surface area (Å²) in [6.45, 7) is 18.4. The maximum Gasteiger partial charge on any atom is 0.300 e. The van der Waals surface area contributed by atoms with Crippen LogP contribution in [0, 0.1) is 5.41 Å². The van der Waals surface area contributed by atoms with E-state index in [4.69, 9.17) is 16.3 Å². The fourth-order valence-corrected chi connectivity index (χ4v) is 4.34. The summed E-state index contributed by atoms with van der Waals surface area (Å²) < 4.78 is 7.56. The van der Waals surface area contributed by atoms with Crippen molar-refractivity contribution in [1.29, 1.82) is 0 Å². The lowest BCUT2D eigenvalue weighted by Crippen LogP contribution is -2.56. The van der Waals surface area contributed by atoms with E-state index < -0.39 is 0 Å². The smallest absolute Gasteiger partial charge is 0.300 e. The third-order valence-corrected chi connectivity index (χ3v) is 6.07. The molecule has 1 aromatic carbocycles. The molecule has 36 heavy (non-hydrogen) atoms. The maximum atomic E-state index is 13.4. The van der Waals surface area contributed by atoms with Gasteiger partial charge in [0.05, 0.1) is 6.20 Å². The molecule has 4 rings (SSSR count). The number of rotatable bonds is 5. The predicted octanol–water partition coefficient (Wildman–Crippen LogP) is 4.54. The summed E-state index contributed by atoms with van der Waals surface area (Å²) in [5.41, 5.74) is 2.47. The Kier molecular flexibility index (Phi) is 7.31. The molecular weight excluding hydrogens is 478 g/mol. The van der Waals surface area contributed by atoms with Crippen LogP contribution < -0.4 is 0 Å². The molecule has 2 aliphatic heterocycles. The summed E-state index contributed by atoms with van der Waals surface area (Å²) in [7, 11) is 0. The summed E-state index contributed by atoms with van der Waals surface area (Å²) in [6.07, 6.45) is 2.74. The quantitative estimate of drug-likeness (QED) is 0.552. The molecule has 9 nitrogen and oxygen atoms in total. The van der Waals surface area contributed by atoms with Crippen LogP contribution in [0.4, 0.5) is 0 Å². The zero-order valence-corrected chi connectivity index (χ0v) is 22.0. The van der Waals surface area contributed by atoms with Crippen LogP contribution in [0.5, 0.6) is 0 Å². The fourth-order valence-electron chi connectivity index (χ4n) is 4.26. The van der Waals surface area contributed by atoms with Crippen LogP contribution in [-0.2, 0) is 11.3 Å². The molecule has 0 N–H and O–H groups in total. The summed E-state index contributed by atoms with van der Waals surface area (Å²) in [5, 5.41) is 8.64. The minimum Gasteiger partial charge on any atom is -0.422 e. The first-order valence-corrected chi connectivity index (χ1v) is 12.4. The van der Waals surface area contributed by atoms with E-state index in [-0.39, 0.29) is 22.5 Å². The fraction of sp³-hybridized carbons (Fsp3) is 0.423. The lowest BCUT2D eigenvalue weighted by atomic mass is 9.97. The number of nitrogens with zero attached hydrogens (tertiary/aromatic N) is 7. The molecule has 2 aromatic rings. The number of hydrogen-bond donors (Lipinski definition) is 0. The first kappa shape index (κ1) is 25.6. The van der Waals surface area contributed by atoms with Gasteiger partial charge in [-0.3, -0.25) is 9.48 Å². The van der Waals surface area contributed by atoms with Crippen molar-refractivity contribution >= 4 is 29.4 Å². The lowest BCUT2D eigenvalue weighted by Gasteiger charge is -2.41. The predicted molar refractivity (Wildman–Crippen MR) is 142 cm³/mol. The summed E-state index contributed by atoms with van der Waals surface area (Å²) in [6, 6.07) is 7.99. The number of benzene rings is 1. The van der Waals surface area contributed by atoms with Crippen molar-refractivity contribution in [1.82, 2.24) is 24.8 Å². The van der Waals surface area contributed by atoms with E-state index in [0.29, 0.717) is 42.8 Å². The average molecular weight is 510 g/mol. The Hall–Kier alpha value is -3.46. The maximum absolute atomic E-state index is 13.4. The molecule has 0 spiro atoms. The van der Waals surface area contributed by atoms with E-state index in [1.807, 2.05) is 44.9 Å². The van der Waals surface area contributed by atoms with Crippen LogP contribution in [0.3, 0.4) is 0 Å². The first-order valence-electron chi connectivity index (χ1n) is 12.0. The molecule has 10 heteroatoms. The molecule has 0 aliphatic carbocycles. The minimum atomic E-state index is 0.00353. The molecular formula is C26H32ClN7O2. The van der Waals surface area contributed by atoms with E-state index in [1.165, 1.54) is 0 Å². The average Bonchev–Trinajstić information content (AvgIpc) is 3.43. The van der Waals surface area contributed by atoms with E-state index in [2.05, 4.69) is 61.1 Å². The number of aromatic nitrogens is 3. The Balaban J connectivity index is 1.43. The third kappa shape index (κ3) is 5.84. The van der Waals surface area contributed by atoms with Crippen LogP contribution in [-0.4, -0.2) is 68.2 Å². The number of hydrogen-bond acceptors (Lipinski definition) is 6. The topological polar surface area (TPSA) is 88.2 Å². The van der Waals surface area contributed by atoms with Gasteiger partial charge in [0, 0.05) is 43.3 Å². The van der Waals surface area contributed by atoms with Gasteiger partial charge in [0.1, 0.15) is 10.9 Å². The molecule has 1 aromatic heterocycles. The van der Waals surface area contributed by atoms with Gasteiger partial charge >= 0.3 is 0 Å². The van der Waals surface area contributed by atoms with Crippen LogP contribution in [0.25, 0.3) is 11.3 Å². The number of aliphatic imine (C=N–C) groups is 2. The van der Waals surface area contributed by atoms with E-state index >= 15 is 0 Å². The number of carbonyl (C=O) groups is 1. The van der Waals surface area contributed by atoms with Crippen molar-refractivity contribution < 1.29 is 9.53 Å². The van der Waals surface area contributed by atoms with Gasteiger partial charge in [0.15, 0.2) is 5.76 Å². The SMILES string of the molecule is C=C(Cl)/N=C1/N=C(N2CCN(C(=O)c3ccc(-c4cn(CC(C)(C)C)nn4)cc3)[C@H](CC)C2)OC1=C. The molecule has 2 aliphatic rings. The van der Waals surface area contributed by atoms with Gasteiger partial charge in [-0.25, -0.2) is 4.99 Å². The van der Waals surface area contributed by atoms with Crippen LogP contribution >= 0.6 is 11.6 Å². The highest BCUT2D eigenvalue weighted by Gasteiger charge is 2.34. The minimum absolute atomic E-state index is 0.00353. The van der Waals surface area contributed by atoms with Crippen molar-refractivity contribution in [2.24, 2.45) is 15.4 Å². The molecule has 1 saturated heterocycles. The highest BCUT2D eigenvalue weighted by molar-refractivity contribution is 6.30. The van der Waals surface area contributed by atoms with Gasteiger partial charge in [0.25, 0.3) is 11.9 Å². The number of carbonyl (C=O) groups excluding carboxylic acids is 1. The number of halogens is 1. The second-order valence-corrected chi connectivity index (χ2v) is 10.6. The van der Waals surface area contributed by atoms with Crippen LogP contribution in [0.2, 0.25) is 0 Å². The second-order valence-electron chi connectivity index (χ2n) is 10.2. The number of piperazine rings is 1. The number of ether oxygens (including phenoxy) is 1. The molecule has 190 valence electrons. The van der Waals surface area contributed by atoms with Crippen molar-refractivity contribution in [3.8, 4) is 11.3 Å². The Morgan fingerprint density at radius 1 is 1.25 bits per heavy atom. The monoisotopic (exact) mass is 509 g/mol. The van der Waals surface area contributed by atoms with E-state index in [9.17, 15) is 4.79 Å². The second kappa shape index (κ2) is 10.3. The molecule has 1 amide bonds. The van der Waals surface area contributed by atoms with Crippen LogP contribution in [0.15, 0.2) is 64.5 Å². The van der Waals surface area contributed by atoms with E-state index in [1.54, 1.807) is 0 Å². The van der Waals surface area contributed by atoms with Crippen molar-refractivity contribution in [2.45, 2.75) is 46.7 Å². The van der Waals surface area contributed by atoms with Gasteiger partial charge in [-0.2, -0.15) is 4.99 Å². The van der Waals surface area contributed by atoms with Gasteiger partial charge < -0.3 is 14.5 Å². The largest absolute Gasteiger partial charge is 0.422 e. The highest BCUT2D eigenvalue weighted by Crippen LogP contribution is 2.24. The van der Waals surface area contributed by atoms with Gasteiger partial charge in [0.2, 0.25) is 5.84 Å². The summed E-state index contributed by atoms with van der Waals surface area (Å²) >= 11 is 5.77. The molecule has 3 heterocycles. The Morgan fingerprint density at radius 3 is 2.61 bits per heavy atom. The van der Waals surface area contributed by atoms with Crippen molar-refractivity contribution in [2.75, 3.05) is 19.6 Å². The number of amides is 1. The first-order chi connectivity index (χ1) is 17.0. The van der Waals surface area contributed by atoms with Crippen LogP contribution in [0.1, 0.15) is 44.5 Å². The molecule has 0 radical (unpaired) electrons. The molecule has 1 atom stereocenters. The standard InChI is InChI=1S/C26H32ClN7O2/c1-7-21-14-32(25-29-23(17(2)36-25)28-18(3)27)12-13-34(21)24(35)20-10-8-19(9-11-20)22-15-33(31-30-22)16-26(4,5)6/h8-11,15,21H,2-3,7,12-14,16H2,1,4-6H3/b28-23+/t21-/m1/s1. The van der Waals surface area contributed by atoms with Crippen molar-refractivity contribution in [3.05, 3.63) is 60.1 Å². The third-order valence-electron chi connectivity index (χ3n) is 5.98. The van der Waals surface area contributed by atoms with Crippen molar-refractivity contribution in [3.63, 3.8) is 0 Å². The zero-order chi connectivity index (χ0) is 26.0. The Labute approximate surface area is 216 Å². The zero-order valence-electron chi connectivity index (χ0n) is 21.2. The highest BCUT2D eigenvalue weighted by atomic mass is 35.5. The van der Waals surface area contributed by atoms with Gasteiger partial charge in [-0.1, -0.05) is 69.8 Å². The van der Waals surface area contributed by atoms with Gasteiger partial charge in [-0.05, 0) is 24.0 Å². The summed E-state index contributed by atoms with van der Waals surface area (Å²) in [4.78, 5) is 25.8. The molecule has 0 unspecified atom stereocenters. The Morgan fingerprint density at radius 2 is 1.97 bits per heavy atom. The molecule has 1 fully saturated rings. The summed E-state index contributed by atoms with van der Waals surface area (Å²) in [5.74, 6) is 0.649. The van der Waals surface area contributed by atoms with E-state index in [0.717, 1.165) is 24.2 Å². The Bertz CT molecular complexity index is 1220. The molecule has 0 bridgehead atoms. The lowest BCUT2D eigenvalue weighted by molar-refractivity contribution is 0.0524. The number of amidine groups is 2. The molecule has 0 saturated carbocycles. The normalized spacial score (nSPS) is 19.5. The van der Waals surface area contributed by atoms with Gasteiger partial charge in [-0.15, -0.1) is 5.10 Å².